The number of carboxylic acids is 1. The molecule has 0 unspecified atom stereocenters. The van der Waals surface area contributed by atoms with Crippen LogP contribution in [0.15, 0.2) is 30.3 Å². The van der Waals surface area contributed by atoms with Crippen LogP contribution in [0.3, 0.4) is 0 Å². The topological polar surface area (TPSA) is 108 Å². The van der Waals surface area contributed by atoms with Crippen LogP contribution in [0.1, 0.15) is 16.1 Å². The lowest BCUT2D eigenvalue weighted by molar-refractivity contribution is 0.0694. The summed E-state index contributed by atoms with van der Waals surface area (Å²) in [4.78, 5) is 15.1. The number of nitrogens with two attached hydrogens (primary N) is 1. The summed E-state index contributed by atoms with van der Waals surface area (Å²) in [5, 5.41) is 21.3. The lowest BCUT2D eigenvalue weighted by Gasteiger charge is -2.10. The van der Waals surface area contributed by atoms with E-state index in [1.807, 2.05) is 6.92 Å². The van der Waals surface area contributed by atoms with Gasteiger partial charge in [0.25, 0.3) is 0 Å². The Morgan fingerprint density at radius 2 is 2.05 bits per heavy atom. The standard InChI is InChI=1S/C13H13N3O3/c1-7-2-4-10(14)12(15-7)16-8-3-5-11(17)9(6-8)13(18)19/h2-6,17H,14H2,1H3,(H,15,16)(H,18,19). The minimum atomic E-state index is -1.20. The molecule has 1 aromatic heterocycles. The second kappa shape index (κ2) is 4.85. The van der Waals surface area contributed by atoms with Gasteiger partial charge in [-0.1, -0.05) is 0 Å². The molecule has 1 heterocycles. The average molecular weight is 259 g/mol. The van der Waals surface area contributed by atoms with Crippen molar-refractivity contribution < 1.29 is 15.0 Å². The first-order chi connectivity index (χ1) is 8.97. The van der Waals surface area contributed by atoms with Crippen molar-refractivity contribution in [3.63, 3.8) is 0 Å². The Labute approximate surface area is 109 Å². The monoisotopic (exact) mass is 259 g/mol. The van der Waals surface area contributed by atoms with Gasteiger partial charge in [-0.25, -0.2) is 9.78 Å². The number of anilines is 3. The SMILES string of the molecule is Cc1ccc(N)c(Nc2ccc(O)c(C(=O)O)c2)n1. The highest BCUT2D eigenvalue weighted by atomic mass is 16.4. The second-order valence-corrected chi connectivity index (χ2v) is 4.05. The highest BCUT2D eigenvalue weighted by Crippen LogP contribution is 2.25. The van der Waals surface area contributed by atoms with Crippen LogP contribution < -0.4 is 11.1 Å². The molecule has 6 nitrogen and oxygen atoms in total. The molecule has 0 saturated heterocycles. The van der Waals surface area contributed by atoms with E-state index in [4.69, 9.17) is 10.8 Å². The molecule has 0 atom stereocenters. The summed E-state index contributed by atoms with van der Waals surface area (Å²) < 4.78 is 0. The van der Waals surface area contributed by atoms with Crippen molar-refractivity contribution in [2.75, 3.05) is 11.1 Å². The number of pyridine rings is 1. The van der Waals surface area contributed by atoms with E-state index in [0.29, 0.717) is 17.2 Å². The van der Waals surface area contributed by atoms with Gasteiger partial charge in [-0.15, -0.1) is 0 Å². The molecule has 0 bridgehead atoms. The molecule has 0 aliphatic rings. The number of nitrogens with one attached hydrogen (secondary N) is 1. The molecule has 0 aliphatic heterocycles. The zero-order chi connectivity index (χ0) is 14.0. The number of rotatable bonds is 3. The van der Waals surface area contributed by atoms with Crippen molar-refractivity contribution in [1.82, 2.24) is 4.98 Å². The van der Waals surface area contributed by atoms with Gasteiger partial charge in [-0.05, 0) is 37.3 Å². The average Bonchev–Trinajstić information content (AvgIpc) is 2.36. The van der Waals surface area contributed by atoms with Crippen molar-refractivity contribution >= 4 is 23.2 Å². The van der Waals surface area contributed by atoms with Crippen LogP contribution in [0.25, 0.3) is 0 Å². The Morgan fingerprint density at radius 3 is 2.74 bits per heavy atom. The fraction of sp³-hybridized carbons (Fsp3) is 0.0769. The maximum atomic E-state index is 10.9. The molecule has 0 aliphatic carbocycles. The fourth-order valence-electron chi connectivity index (χ4n) is 1.59. The van der Waals surface area contributed by atoms with Gasteiger partial charge in [0.15, 0.2) is 5.82 Å². The van der Waals surface area contributed by atoms with Crippen LogP contribution in [0, 0.1) is 6.92 Å². The van der Waals surface area contributed by atoms with E-state index in [0.717, 1.165) is 5.69 Å². The van der Waals surface area contributed by atoms with Gasteiger partial charge in [0, 0.05) is 11.4 Å². The van der Waals surface area contributed by atoms with E-state index in [1.54, 1.807) is 18.2 Å². The minimum Gasteiger partial charge on any atom is -0.507 e. The Bertz CT molecular complexity index is 641. The van der Waals surface area contributed by atoms with Crippen molar-refractivity contribution in [2.45, 2.75) is 6.92 Å². The van der Waals surface area contributed by atoms with E-state index in [2.05, 4.69) is 10.3 Å². The maximum Gasteiger partial charge on any atom is 0.339 e. The Balaban J connectivity index is 2.36. The number of benzene rings is 1. The van der Waals surface area contributed by atoms with E-state index in [-0.39, 0.29) is 11.3 Å². The Morgan fingerprint density at radius 1 is 1.32 bits per heavy atom. The van der Waals surface area contributed by atoms with Gasteiger partial charge in [-0.3, -0.25) is 0 Å². The molecular formula is C13H13N3O3. The number of aromatic hydroxyl groups is 1. The van der Waals surface area contributed by atoms with E-state index < -0.39 is 5.97 Å². The number of hydrogen-bond acceptors (Lipinski definition) is 5. The first-order valence-electron chi connectivity index (χ1n) is 5.54. The lowest BCUT2D eigenvalue weighted by atomic mass is 10.2. The molecule has 5 N–H and O–H groups in total. The molecule has 0 saturated carbocycles. The number of aromatic carboxylic acids is 1. The van der Waals surface area contributed by atoms with E-state index >= 15 is 0 Å². The molecule has 2 aromatic rings. The lowest BCUT2D eigenvalue weighted by Crippen LogP contribution is -2.02. The molecule has 2 rings (SSSR count). The third-order valence-corrected chi connectivity index (χ3v) is 2.56. The smallest absolute Gasteiger partial charge is 0.339 e. The number of carboxylic acid groups (broad SMARTS) is 1. The largest absolute Gasteiger partial charge is 0.507 e. The van der Waals surface area contributed by atoms with E-state index in [9.17, 15) is 9.90 Å². The second-order valence-electron chi connectivity index (χ2n) is 4.05. The predicted octanol–water partition coefficient (Wildman–Crippen LogP) is 2.12. The van der Waals surface area contributed by atoms with Crippen LogP contribution in [-0.4, -0.2) is 21.2 Å². The predicted molar refractivity (Wildman–Crippen MR) is 71.7 cm³/mol. The van der Waals surface area contributed by atoms with Gasteiger partial charge in [0.1, 0.15) is 11.3 Å². The van der Waals surface area contributed by atoms with Crippen LogP contribution in [0.5, 0.6) is 5.75 Å². The summed E-state index contributed by atoms with van der Waals surface area (Å²) in [5.41, 5.74) is 7.32. The number of nitrogen functional groups attached to an aromatic ring is 1. The maximum absolute atomic E-state index is 10.9. The molecule has 0 amide bonds. The minimum absolute atomic E-state index is 0.184. The summed E-state index contributed by atoms with van der Waals surface area (Å²) in [6.07, 6.45) is 0. The highest BCUT2D eigenvalue weighted by molar-refractivity contribution is 5.92. The van der Waals surface area contributed by atoms with Crippen LogP contribution in [-0.2, 0) is 0 Å². The molecule has 98 valence electrons. The number of nitrogens with zero attached hydrogens (tertiary/aromatic N) is 1. The third-order valence-electron chi connectivity index (χ3n) is 2.56. The van der Waals surface area contributed by atoms with E-state index in [1.165, 1.54) is 12.1 Å². The fourth-order valence-corrected chi connectivity index (χ4v) is 1.59. The molecular weight excluding hydrogens is 246 g/mol. The van der Waals surface area contributed by atoms with Crippen molar-refractivity contribution in [3.05, 3.63) is 41.6 Å². The summed E-state index contributed by atoms with van der Waals surface area (Å²) in [6.45, 7) is 1.82. The number of carbonyl (C=O) groups is 1. The normalized spacial score (nSPS) is 10.2. The highest BCUT2D eigenvalue weighted by Gasteiger charge is 2.11. The van der Waals surface area contributed by atoms with Crippen molar-refractivity contribution in [2.24, 2.45) is 0 Å². The van der Waals surface area contributed by atoms with Crippen LogP contribution >= 0.6 is 0 Å². The third kappa shape index (κ3) is 2.74. The molecule has 0 fully saturated rings. The summed E-state index contributed by atoms with van der Waals surface area (Å²) >= 11 is 0. The summed E-state index contributed by atoms with van der Waals surface area (Å²) in [5.74, 6) is -1.04. The Kier molecular flexibility index (Phi) is 3.24. The quantitative estimate of drug-likeness (QED) is 0.629. The van der Waals surface area contributed by atoms with Gasteiger partial charge < -0.3 is 21.3 Å². The molecule has 19 heavy (non-hydrogen) atoms. The first-order valence-corrected chi connectivity index (χ1v) is 5.54. The number of phenols is 1. The summed E-state index contributed by atoms with van der Waals surface area (Å²) in [6, 6.07) is 7.66. The van der Waals surface area contributed by atoms with Crippen molar-refractivity contribution in [1.29, 1.82) is 0 Å². The van der Waals surface area contributed by atoms with Crippen LogP contribution in [0.4, 0.5) is 17.2 Å². The summed E-state index contributed by atoms with van der Waals surface area (Å²) in [7, 11) is 0. The molecule has 0 spiro atoms. The molecule has 1 aromatic carbocycles. The van der Waals surface area contributed by atoms with Gasteiger partial charge in [0.05, 0.1) is 5.69 Å². The molecule has 0 radical (unpaired) electrons. The van der Waals surface area contributed by atoms with Crippen molar-refractivity contribution in [3.8, 4) is 5.75 Å². The number of hydrogen-bond donors (Lipinski definition) is 4. The number of aromatic nitrogens is 1. The van der Waals surface area contributed by atoms with Crippen LogP contribution in [0.2, 0.25) is 0 Å². The first kappa shape index (κ1) is 12.7. The Hall–Kier alpha value is -2.76. The molecule has 6 heteroatoms. The number of aryl methyl sites for hydroxylation is 1. The van der Waals surface area contributed by atoms with Gasteiger partial charge in [-0.2, -0.15) is 0 Å². The van der Waals surface area contributed by atoms with Gasteiger partial charge >= 0.3 is 5.97 Å². The zero-order valence-electron chi connectivity index (χ0n) is 10.2. The zero-order valence-corrected chi connectivity index (χ0v) is 10.2. The van der Waals surface area contributed by atoms with Gasteiger partial charge in [0.2, 0.25) is 0 Å².